The summed E-state index contributed by atoms with van der Waals surface area (Å²) in [5, 5.41) is 3.01. The maximum absolute atomic E-state index is 12.0. The van der Waals surface area contributed by atoms with E-state index < -0.39 is 0 Å². The molecule has 0 saturated heterocycles. The van der Waals surface area contributed by atoms with Gasteiger partial charge in [0.25, 0.3) is 5.91 Å². The van der Waals surface area contributed by atoms with Crippen LogP contribution in [0.5, 0.6) is 0 Å². The number of nitrogens with one attached hydrogen (secondary N) is 1. The average Bonchev–Trinajstić information content (AvgIpc) is 2.30. The largest absolute Gasteiger partial charge is 0.350 e. The van der Waals surface area contributed by atoms with E-state index in [4.69, 9.17) is 0 Å². The number of halogens is 1. The van der Waals surface area contributed by atoms with Gasteiger partial charge in [-0.3, -0.25) is 4.79 Å². The smallest absolute Gasteiger partial charge is 0.251 e. The molecule has 0 fully saturated rings. The van der Waals surface area contributed by atoms with Gasteiger partial charge in [0, 0.05) is 16.1 Å². The topological polar surface area (TPSA) is 32.3 Å². The summed E-state index contributed by atoms with van der Waals surface area (Å²) in [6, 6.07) is 5.85. The van der Waals surface area contributed by atoms with Crippen molar-refractivity contribution in [2.75, 3.05) is 20.6 Å². The molecule has 1 N–H and O–H groups in total. The van der Waals surface area contributed by atoms with E-state index >= 15 is 0 Å². The first-order valence-electron chi connectivity index (χ1n) is 6.12. The van der Waals surface area contributed by atoms with Gasteiger partial charge < -0.3 is 10.2 Å². The van der Waals surface area contributed by atoms with E-state index in [1.54, 1.807) is 0 Å². The van der Waals surface area contributed by atoms with Crippen LogP contribution in [-0.4, -0.2) is 37.5 Å². The Kier molecular flexibility index (Phi) is 5.82. The minimum atomic E-state index is -0.0121. The second-order valence-corrected chi connectivity index (χ2v) is 5.78. The summed E-state index contributed by atoms with van der Waals surface area (Å²) < 4.78 is 0.969. The van der Waals surface area contributed by atoms with Gasteiger partial charge in [0.1, 0.15) is 0 Å². The Morgan fingerprint density at radius 3 is 2.67 bits per heavy atom. The molecule has 100 valence electrons. The maximum atomic E-state index is 12.0. The van der Waals surface area contributed by atoms with Crippen molar-refractivity contribution in [1.29, 1.82) is 0 Å². The van der Waals surface area contributed by atoms with Crippen LogP contribution < -0.4 is 5.32 Å². The maximum Gasteiger partial charge on any atom is 0.251 e. The van der Waals surface area contributed by atoms with Crippen molar-refractivity contribution >= 4 is 21.8 Å². The Labute approximate surface area is 118 Å². The highest BCUT2D eigenvalue weighted by Crippen LogP contribution is 2.17. The number of carbonyl (C=O) groups excluding carboxylic acids is 1. The number of carbonyl (C=O) groups is 1. The van der Waals surface area contributed by atoms with Crippen LogP contribution in [-0.2, 0) is 0 Å². The van der Waals surface area contributed by atoms with E-state index in [2.05, 4.69) is 26.1 Å². The number of hydrogen-bond donors (Lipinski definition) is 1. The zero-order chi connectivity index (χ0) is 13.7. The molecule has 0 aromatic heterocycles. The van der Waals surface area contributed by atoms with E-state index in [1.165, 1.54) is 0 Å². The van der Waals surface area contributed by atoms with Crippen LogP contribution in [0.25, 0.3) is 0 Å². The molecule has 0 spiro atoms. The minimum Gasteiger partial charge on any atom is -0.350 e. The normalized spacial score (nSPS) is 12.6. The highest BCUT2D eigenvalue weighted by Gasteiger charge is 2.10. The monoisotopic (exact) mass is 312 g/mol. The summed E-state index contributed by atoms with van der Waals surface area (Å²) in [7, 11) is 4.07. The number of amides is 1. The quantitative estimate of drug-likeness (QED) is 0.906. The van der Waals surface area contributed by atoms with Crippen LogP contribution in [0.4, 0.5) is 0 Å². The van der Waals surface area contributed by atoms with Gasteiger partial charge in [-0.05, 0) is 58.6 Å². The Balaban J connectivity index is 2.56. The molecule has 0 aliphatic heterocycles. The molecular weight excluding hydrogens is 292 g/mol. The van der Waals surface area contributed by atoms with E-state index in [9.17, 15) is 4.79 Å². The molecular formula is C14H21BrN2O. The number of aryl methyl sites for hydroxylation is 1. The minimum absolute atomic E-state index is 0.0121. The molecule has 0 bridgehead atoms. The van der Waals surface area contributed by atoms with Crippen LogP contribution in [0.2, 0.25) is 0 Å². The predicted octanol–water partition coefficient (Wildman–Crippen LogP) is 2.83. The lowest BCUT2D eigenvalue weighted by molar-refractivity contribution is 0.0936. The molecule has 4 heteroatoms. The second-order valence-electron chi connectivity index (χ2n) is 4.93. The third-order valence-electron chi connectivity index (χ3n) is 2.82. The van der Waals surface area contributed by atoms with E-state index in [-0.39, 0.29) is 11.9 Å². The summed E-state index contributed by atoms with van der Waals surface area (Å²) in [4.78, 5) is 14.1. The number of rotatable bonds is 5. The summed E-state index contributed by atoms with van der Waals surface area (Å²) in [6.45, 7) is 5.01. The van der Waals surface area contributed by atoms with Crippen LogP contribution in [0.1, 0.15) is 29.3 Å². The van der Waals surface area contributed by atoms with E-state index in [0.717, 1.165) is 23.0 Å². The fraction of sp³-hybridized carbons (Fsp3) is 0.500. The summed E-state index contributed by atoms with van der Waals surface area (Å²) in [5.74, 6) is -0.0121. The van der Waals surface area contributed by atoms with Crippen LogP contribution in [0, 0.1) is 6.92 Å². The molecule has 0 radical (unpaired) electrons. The molecule has 0 heterocycles. The lowest BCUT2D eigenvalue weighted by Crippen LogP contribution is -2.34. The van der Waals surface area contributed by atoms with Gasteiger partial charge in [-0.25, -0.2) is 0 Å². The zero-order valence-corrected chi connectivity index (χ0v) is 13.0. The van der Waals surface area contributed by atoms with Crippen molar-refractivity contribution in [3.05, 3.63) is 33.8 Å². The highest BCUT2D eigenvalue weighted by molar-refractivity contribution is 9.10. The van der Waals surface area contributed by atoms with E-state index in [0.29, 0.717) is 5.56 Å². The summed E-state index contributed by atoms with van der Waals surface area (Å²) in [5.41, 5.74) is 1.83. The molecule has 1 unspecified atom stereocenters. The summed E-state index contributed by atoms with van der Waals surface area (Å²) >= 11 is 3.44. The number of nitrogens with zero attached hydrogens (tertiary/aromatic N) is 1. The fourth-order valence-corrected chi connectivity index (χ4v) is 1.94. The third kappa shape index (κ3) is 4.78. The lowest BCUT2D eigenvalue weighted by Gasteiger charge is -2.17. The predicted molar refractivity (Wildman–Crippen MR) is 79.0 cm³/mol. The van der Waals surface area contributed by atoms with Crippen molar-refractivity contribution in [3.8, 4) is 0 Å². The molecule has 0 aliphatic rings. The van der Waals surface area contributed by atoms with Gasteiger partial charge in [0.2, 0.25) is 0 Å². The van der Waals surface area contributed by atoms with Gasteiger partial charge in [0.15, 0.2) is 0 Å². The summed E-state index contributed by atoms with van der Waals surface area (Å²) in [6.07, 6.45) is 0.950. The van der Waals surface area contributed by atoms with Gasteiger partial charge in [-0.15, -0.1) is 0 Å². The molecule has 0 saturated carbocycles. The number of hydrogen-bond acceptors (Lipinski definition) is 2. The standard InChI is InChI=1S/C14H21BrN2O/c1-10-5-6-12(9-13(10)15)14(18)16-11(2)7-8-17(3)4/h5-6,9,11H,7-8H2,1-4H3,(H,16,18). The molecule has 1 amide bonds. The molecule has 1 rings (SSSR count). The van der Waals surface area contributed by atoms with Gasteiger partial charge in [0.05, 0.1) is 0 Å². The Hall–Kier alpha value is -0.870. The van der Waals surface area contributed by atoms with Gasteiger partial charge >= 0.3 is 0 Å². The lowest BCUT2D eigenvalue weighted by atomic mass is 10.1. The molecule has 1 atom stereocenters. The zero-order valence-electron chi connectivity index (χ0n) is 11.5. The Morgan fingerprint density at radius 1 is 1.44 bits per heavy atom. The number of benzene rings is 1. The van der Waals surface area contributed by atoms with Crippen molar-refractivity contribution in [2.24, 2.45) is 0 Å². The van der Waals surface area contributed by atoms with Crippen molar-refractivity contribution in [3.63, 3.8) is 0 Å². The van der Waals surface area contributed by atoms with Crippen LogP contribution in [0.15, 0.2) is 22.7 Å². The third-order valence-corrected chi connectivity index (χ3v) is 3.68. The molecule has 1 aromatic carbocycles. The van der Waals surface area contributed by atoms with E-state index in [1.807, 2.05) is 46.1 Å². The molecule has 3 nitrogen and oxygen atoms in total. The van der Waals surface area contributed by atoms with Gasteiger partial charge in [-0.1, -0.05) is 22.0 Å². The first kappa shape index (κ1) is 15.2. The first-order chi connectivity index (χ1) is 8.40. The van der Waals surface area contributed by atoms with Crippen molar-refractivity contribution in [2.45, 2.75) is 26.3 Å². The molecule has 0 aliphatic carbocycles. The van der Waals surface area contributed by atoms with Crippen LogP contribution in [0.3, 0.4) is 0 Å². The fourth-order valence-electron chi connectivity index (χ4n) is 1.57. The van der Waals surface area contributed by atoms with Crippen LogP contribution >= 0.6 is 15.9 Å². The molecule has 1 aromatic rings. The van der Waals surface area contributed by atoms with Crippen molar-refractivity contribution in [1.82, 2.24) is 10.2 Å². The first-order valence-corrected chi connectivity index (χ1v) is 6.91. The highest BCUT2D eigenvalue weighted by atomic mass is 79.9. The Bertz CT molecular complexity index is 418. The molecule has 18 heavy (non-hydrogen) atoms. The second kappa shape index (κ2) is 6.90. The van der Waals surface area contributed by atoms with Crippen molar-refractivity contribution < 1.29 is 4.79 Å². The SMILES string of the molecule is Cc1ccc(C(=O)NC(C)CCN(C)C)cc1Br. The average molecular weight is 313 g/mol. The Morgan fingerprint density at radius 2 is 2.11 bits per heavy atom. The van der Waals surface area contributed by atoms with Gasteiger partial charge in [-0.2, -0.15) is 0 Å².